The Labute approximate surface area is 208 Å². The molecule has 36 heavy (non-hydrogen) atoms. The van der Waals surface area contributed by atoms with Crippen molar-refractivity contribution >= 4 is 28.3 Å². The molecule has 0 aliphatic heterocycles. The monoisotopic (exact) mass is 486 g/mol. The lowest BCUT2D eigenvalue weighted by Gasteiger charge is -2.38. The van der Waals surface area contributed by atoms with Gasteiger partial charge in [0.1, 0.15) is 5.60 Å². The molecule has 9 nitrogen and oxygen atoms in total. The lowest BCUT2D eigenvalue weighted by atomic mass is 9.81. The third-order valence-corrected chi connectivity index (χ3v) is 6.99. The van der Waals surface area contributed by atoms with E-state index in [1.165, 1.54) is 0 Å². The van der Waals surface area contributed by atoms with Gasteiger partial charge in [0.05, 0.1) is 11.4 Å². The van der Waals surface area contributed by atoms with Gasteiger partial charge in [-0.25, -0.2) is 4.68 Å². The van der Waals surface area contributed by atoms with Crippen LogP contribution in [0, 0.1) is 6.92 Å². The average Bonchev–Trinajstić information content (AvgIpc) is 3.34. The highest BCUT2D eigenvalue weighted by atomic mass is 16.5. The molecule has 2 aromatic heterocycles. The highest BCUT2D eigenvalue weighted by Crippen LogP contribution is 2.37. The maximum absolute atomic E-state index is 13.4. The van der Waals surface area contributed by atoms with Crippen LogP contribution in [0.4, 0.5) is 11.6 Å². The number of anilines is 2. The van der Waals surface area contributed by atoms with Crippen molar-refractivity contribution < 1.29 is 9.53 Å². The summed E-state index contributed by atoms with van der Waals surface area (Å²) >= 11 is 0. The molecule has 0 radical (unpaired) electrons. The maximum atomic E-state index is 13.4. The fourth-order valence-corrected chi connectivity index (χ4v) is 4.93. The second-order valence-electron chi connectivity index (χ2n) is 9.30. The minimum atomic E-state index is -0.917. The van der Waals surface area contributed by atoms with Gasteiger partial charge < -0.3 is 15.4 Å². The maximum Gasteiger partial charge on any atom is 0.275 e. The fraction of sp³-hybridized carbons (Fsp3) is 0.333. The van der Waals surface area contributed by atoms with Crippen molar-refractivity contribution in [2.24, 2.45) is 0 Å². The third-order valence-electron chi connectivity index (χ3n) is 6.99. The smallest absolute Gasteiger partial charge is 0.275 e. The van der Waals surface area contributed by atoms with E-state index in [0.717, 1.165) is 16.6 Å². The van der Waals surface area contributed by atoms with Gasteiger partial charge in [-0.15, -0.1) is 0 Å². The minimum absolute atomic E-state index is 0.123. The van der Waals surface area contributed by atoms with Crippen LogP contribution in [0.3, 0.4) is 0 Å². The lowest BCUT2D eigenvalue weighted by Crippen LogP contribution is -2.51. The number of fused-ring (bicyclic) bond motifs is 1. The van der Waals surface area contributed by atoms with Crippen molar-refractivity contribution in [1.82, 2.24) is 25.3 Å². The summed E-state index contributed by atoms with van der Waals surface area (Å²) < 4.78 is 7.34. The Morgan fingerprint density at radius 1 is 1.11 bits per heavy atom. The molecule has 0 unspecified atom stereocenters. The summed E-state index contributed by atoms with van der Waals surface area (Å²) in [6.45, 7) is 2.37. The molecule has 0 spiro atoms. The molecule has 1 saturated carbocycles. The van der Waals surface area contributed by atoms with Crippen LogP contribution >= 0.6 is 0 Å². The van der Waals surface area contributed by atoms with E-state index in [2.05, 4.69) is 20.8 Å². The van der Waals surface area contributed by atoms with Gasteiger partial charge in [-0.3, -0.25) is 14.7 Å². The zero-order chi connectivity index (χ0) is 25.1. The number of ether oxygens (including phenoxy) is 1. The molecule has 2 heterocycles. The number of aryl methyl sites for hydroxylation is 1. The number of aromatic amines is 1. The number of nitrogens with one attached hydrogen (secondary N) is 3. The van der Waals surface area contributed by atoms with Crippen LogP contribution in [0.25, 0.3) is 10.8 Å². The van der Waals surface area contributed by atoms with Crippen LogP contribution in [0.2, 0.25) is 0 Å². The van der Waals surface area contributed by atoms with Gasteiger partial charge in [0.2, 0.25) is 0 Å². The standard InChI is InChI=1S/C27H30N6O3/c1-18-16-23(31-30-18)29-24-21-10-6-7-11-22(21)25(34)33(32-24)20-12-14-27(36-2,15-13-20)26(35)28-17-19-8-4-3-5-9-19/h3-11,16,20H,12-15,17H2,1-2H3,(H,28,35)(H2,29,30,31,32). The van der Waals surface area contributed by atoms with E-state index in [0.29, 0.717) is 49.2 Å². The average molecular weight is 487 g/mol. The predicted octanol–water partition coefficient (Wildman–Crippen LogP) is 3.99. The van der Waals surface area contributed by atoms with Gasteiger partial charge in [-0.2, -0.15) is 10.2 Å². The van der Waals surface area contributed by atoms with Crippen LogP contribution < -0.4 is 16.2 Å². The van der Waals surface area contributed by atoms with Crippen molar-refractivity contribution in [1.29, 1.82) is 0 Å². The molecule has 1 aliphatic carbocycles. The highest BCUT2D eigenvalue weighted by Gasteiger charge is 2.43. The molecule has 9 heteroatoms. The van der Waals surface area contributed by atoms with E-state index in [4.69, 9.17) is 9.84 Å². The first-order valence-corrected chi connectivity index (χ1v) is 12.2. The normalized spacial score (nSPS) is 19.8. The van der Waals surface area contributed by atoms with Crippen molar-refractivity contribution in [2.45, 2.75) is 50.8 Å². The van der Waals surface area contributed by atoms with Gasteiger partial charge in [-0.05, 0) is 44.2 Å². The number of nitrogens with zero attached hydrogens (tertiary/aromatic N) is 3. The first-order valence-electron chi connectivity index (χ1n) is 12.2. The zero-order valence-electron chi connectivity index (χ0n) is 20.5. The Kier molecular flexibility index (Phi) is 6.56. The summed E-state index contributed by atoms with van der Waals surface area (Å²) in [6, 6.07) is 19.0. The molecular formula is C27H30N6O3. The van der Waals surface area contributed by atoms with Crippen LogP contribution in [0.5, 0.6) is 0 Å². The summed E-state index contributed by atoms with van der Waals surface area (Å²) in [5.74, 6) is 1.08. The Bertz CT molecular complexity index is 1420. The number of hydrogen-bond acceptors (Lipinski definition) is 6. The Morgan fingerprint density at radius 2 is 1.81 bits per heavy atom. The van der Waals surface area contributed by atoms with Crippen molar-refractivity contribution in [3.8, 4) is 0 Å². The molecule has 3 N–H and O–H groups in total. The van der Waals surface area contributed by atoms with E-state index in [1.54, 1.807) is 11.8 Å². The SMILES string of the molecule is COC1(C(=O)NCc2ccccc2)CCC(n2nc(Nc3cc(C)[nH]n3)c3ccccc3c2=O)CC1. The first-order chi connectivity index (χ1) is 17.5. The largest absolute Gasteiger partial charge is 0.368 e. The summed E-state index contributed by atoms with van der Waals surface area (Å²) in [7, 11) is 1.58. The van der Waals surface area contributed by atoms with E-state index >= 15 is 0 Å². The topological polar surface area (TPSA) is 114 Å². The number of hydrogen-bond donors (Lipinski definition) is 3. The van der Waals surface area contributed by atoms with Crippen LogP contribution in [0.1, 0.15) is 43.0 Å². The first kappa shape index (κ1) is 23.7. The van der Waals surface area contributed by atoms with Gasteiger partial charge >= 0.3 is 0 Å². The summed E-state index contributed by atoms with van der Waals surface area (Å²) in [6.07, 6.45) is 2.19. The molecule has 0 atom stereocenters. The number of methoxy groups -OCH3 is 1. The number of benzene rings is 2. The molecule has 1 amide bonds. The number of aromatic nitrogens is 4. The number of carbonyl (C=O) groups is 1. The minimum Gasteiger partial charge on any atom is -0.368 e. The number of rotatable bonds is 7. The Hall–Kier alpha value is -3.98. The Balaban J connectivity index is 1.37. The van der Waals surface area contributed by atoms with E-state index < -0.39 is 5.60 Å². The molecule has 0 bridgehead atoms. The molecule has 0 saturated heterocycles. The summed E-state index contributed by atoms with van der Waals surface area (Å²) in [5, 5.41) is 19.5. The van der Waals surface area contributed by atoms with Crippen LogP contribution in [0.15, 0.2) is 65.5 Å². The van der Waals surface area contributed by atoms with E-state index in [-0.39, 0.29) is 17.5 Å². The number of carbonyl (C=O) groups excluding carboxylic acids is 1. The predicted molar refractivity (Wildman–Crippen MR) is 138 cm³/mol. The van der Waals surface area contributed by atoms with Crippen LogP contribution in [-0.2, 0) is 16.1 Å². The second-order valence-corrected chi connectivity index (χ2v) is 9.30. The molecule has 186 valence electrons. The zero-order valence-corrected chi connectivity index (χ0v) is 20.5. The van der Waals surface area contributed by atoms with Crippen molar-refractivity contribution in [3.05, 3.63) is 82.3 Å². The summed E-state index contributed by atoms with van der Waals surface area (Å²) in [5.41, 5.74) is 0.894. The van der Waals surface area contributed by atoms with Crippen LogP contribution in [-0.4, -0.2) is 38.6 Å². The summed E-state index contributed by atoms with van der Waals surface area (Å²) in [4.78, 5) is 26.5. The van der Waals surface area contributed by atoms with Gasteiger partial charge in [0.25, 0.3) is 11.5 Å². The molecule has 4 aromatic rings. The molecule has 1 fully saturated rings. The molecule has 1 aliphatic rings. The lowest BCUT2D eigenvalue weighted by molar-refractivity contribution is -0.148. The number of H-pyrrole nitrogens is 1. The Morgan fingerprint density at radius 3 is 2.47 bits per heavy atom. The van der Waals surface area contributed by atoms with E-state index in [9.17, 15) is 9.59 Å². The molecule has 5 rings (SSSR count). The third kappa shape index (κ3) is 4.61. The molecular weight excluding hydrogens is 456 g/mol. The van der Waals surface area contributed by atoms with Crippen molar-refractivity contribution in [3.63, 3.8) is 0 Å². The quantitative estimate of drug-likeness (QED) is 0.364. The highest BCUT2D eigenvalue weighted by molar-refractivity contribution is 5.92. The van der Waals surface area contributed by atoms with Gasteiger partial charge in [0.15, 0.2) is 11.6 Å². The van der Waals surface area contributed by atoms with Gasteiger partial charge in [-0.1, -0.05) is 48.5 Å². The van der Waals surface area contributed by atoms with Gasteiger partial charge in [0, 0.05) is 30.8 Å². The molecule has 2 aromatic carbocycles. The fourth-order valence-electron chi connectivity index (χ4n) is 4.93. The second kappa shape index (κ2) is 9.94. The van der Waals surface area contributed by atoms with E-state index in [1.807, 2.05) is 67.6 Å². The van der Waals surface area contributed by atoms with Crippen molar-refractivity contribution in [2.75, 3.05) is 12.4 Å². The number of amides is 1.